The van der Waals surface area contributed by atoms with Gasteiger partial charge in [-0.2, -0.15) is 10.5 Å². The Labute approximate surface area is 117 Å². The summed E-state index contributed by atoms with van der Waals surface area (Å²) in [6, 6.07) is 16.4. The third-order valence-corrected chi connectivity index (χ3v) is 2.68. The molecule has 0 radical (unpaired) electrons. The minimum atomic E-state index is 0.424. The Balaban J connectivity index is 2.43. The molecule has 2 aromatic carbocycles. The van der Waals surface area contributed by atoms with Crippen molar-refractivity contribution in [1.82, 2.24) is 0 Å². The molecule has 0 saturated carbocycles. The van der Waals surface area contributed by atoms with E-state index in [1.54, 1.807) is 36.4 Å². The molecule has 0 amide bonds. The molecule has 0 saturated heterocycles. The molecule has 0 aliphatic rings. The second-order valence-electron chi connectivity index (χ2n) is 3.92. The third kappa shape index (κ3) is 2.68. The van der Waals surface area contributed by atoms with E-state index < -0.39 is 0 Å². The summed E-state index contributed by atoms with van der Waals surface area (Å²) in [7, 11) is 0. The maximum absolute atomic E-state index is 9.00. The minimum Gasteiger partial charge on any atom is -0.192 e. The summed E-state index contributed by atoms with van der Waals surface area (Å²) < 4.78 is 0. The molecule has 0 aliphatic heterocycles. The molecule has 0 bridgehead atoms. The lowest BCUT2D eigenvalue weighted by molar-refractivity contribution is 1.45. The average molecular weight is 252 g/mol. The highest BCUT2D eigenvalue weighted by molar-refractivity contribution is 5.55. The van der Waals surface area contributed by atoms with Gasteiger partial charge in [-0.15, -0.1) is 6.42 Å². The highest BCUT2D eigenvalue weighted by atomic mass is 14.2. The fraction of sp³-hybridized carbons (Fsp3) is 0. The van der Waals surface area contributed by atoms with Gasteiger partial charge in [0.25, 0.3) is 0 Å². The zero-order valence-electron chi connectivity index (χ0n) is 10.5. The van der Waals surface area contributed by atoms with E-state index in [-0.39, 0.29) is 0 Å². The molecule has 2 rings (SSSR count). The Morgan fingerprint density at radius 3 is 2.10 bits per heavy atom. The van der Waals surface area contributed by atoms with Crippen molar-refractivity contribution in [3.05, 3.63) is 70.3 Å². The van der Waals surface area contributed by atoms with Crippen molar-refractivity contribution in [2.45, 2.75) is 0 Å². The zero-order chi connectivity index (χ0) is 14.4. The van der Waals surface area contributed by atoms with Crippen molar-refractivity contribution >= 4 is 0 Å². The van der Waals surface area contributed by atoms with Gasteiger partial charge in [0.2, 0.25) is 0 Å². The maximum atomic E-state index is 9.00. The number of benzene rings is 2. The maximum Gasteiger partial charge on any atom is 0.100 e. The zero-order valence-corrected chi connectivity index (χ0v) is 10.5. The van der Waals surface area contributed by atoms with Crippen LogP contribution in [0.25, 0.3) is 0 Å². The molecule has 0 heterocycles. The van der Waals surface area contributed by atoms with Crippen LogP contribution in [-0.4, -0.2) is 0 Å². The monoisotopic (exact) mass is 252 g/mol. The summed E-state index contributed by atoms with van der Waals surface area (Å²) in [4.78, 5) is 0. The second kappa shape index (κ2) is 5.93. The fourth-order valence-corrected chi connectivity index (χ4v) is 1.67. The molecular formula is C18H8N2. The van der Waals surface area contributed by atoms with E-state index >= 15 is 0 Å². The number of terminal acetylenes is 1. The summed E-state index contributed by atoms with van der Waals surface area (Å²) >= 11 is 0. The Morgan fingerprint density at radius 2 is 1.45 bits per heavy atom. The van der Waals surface area contributed by atoms with E-state index in [0.717, 1.165) is 0 Å². The number of nitrogens with zero attached hydrogens (tertiary/aromatic N) is 2. The molecule has 0 fully saturated rings. The lowest BCUT2D eigenvalue weighted by Crippen LogP contribution is -1.86. The molecule has 2 aromatic rings. The highest BCUT2D eigenvalue weighted by Gasteiger charge is 2.00. The Hall–Kier alpha value is -3.46. The molecule has 90 valence electrons. The van der Waals surface area contributed by atoms with Crippen molar-refractivity contribution in [3.8, 4) is 36.3 Å². The van der Waals surface area contributed by atoms with E-state index in [0.29, 0.717) is 27.8 Å². The van der Waals surface area contributed by atoms with Crippen LogP contribution in [0.1, 0.15) is 27.8 Å². The number of rotatable bonds is 0. The normalized spacial score (nSPS) is 8.45. The highest BCUT2D eigenvalue weighted by Crippen LogP contribution is 2.10. The second-order valence-corrected chi connectivity index (χ2v) is 3.92. The van der Waals surface area contributed by atoms with Crippen LogP contribution in [0.4, 0.5) is 0 Å². The van der Waals surface area contributed by atoms with Crippen LogP contribution in [0.2, 0.25) is 0 Å². The quantitative estimate of drug-likeness (QED) is 0.677. The fourth-order valence-electron chi connectivity index (χ4n) is 1.67. The average Bonchev–Trinajstić information content (AvgIpc) is 2.52. The molecule has 0 atom stereocenters. The number of hydrogen-bond acceptors (Lipinski definition) is 2. The molecule has 20 heavy (non-hydrogen) atoms. The Kier molecular flexibility index (Phi) is 3.85. The van der Waals surface area contributed by atoms with E-state index in [1.165, 1.54) is 0 Å². The SMILES string of the molecule is C#Cc1ccc(C#Cc2ccccc2C#N)cc1C#N. The van der Waals surface area contributed by atoms with Crippen LogP contribution in [0, 0.1) is 46.8 Å². The molecular weight excluding hydrogens is 244 g/mol. The molecule has 0 spiro atoms. The van der Waals surface area contributed by atoms with Gasteiger partial charge in [-0.3, -0.25) is 0 Å². The summed E-state index contributed by atoms with van der Waals surface area (Å²) in [5.41, 5.74) is 2.85. The van der Waals surface area contributed by atoms with Gasteiger partial charge >= 0.3 is 0 Å². The molecule has 0 aromatic heterocycles. The van der Waals surface area contributed by atoms with Crippen molar-refractivity contribution in [3.63, 3.8) is 0 Å². The van der Waals surface area contributed by atoms with Gasteiger partial charge in [0.15, 0.2) is 0 Å². The summed E-state index contributed by atoms with van der Waals surface area (Å²) in [6.45, 7) is 0. The van der Waals surface area contributed by atoms with Gasteiger partial charge in [-0.1, -0.05) is 29.9 Å². The first-order chi connectivity index (χ1) is 9.78. The summed E-state index contributed by atoms with van der Waals surface area (Å²) in [5, 5.41) is 18.0. The Morgan fingerprint density at radius 1 is 0.750 bits per heavy atom. The lowest BCUT2D eigenvalue weighted by atomic mass is 10.0. The van der Waals surface area contributed by atoms with Crippen LogP contribution in [0.15, 0.2) is 42.5 Å². The minimum absolute atomic E-state index is 0.424. The third-order valence-electron chi connectivity index (χ3n) is 2.68. The van der Waals surface area contributed by atoms with Crippen molar-refractivity contribution < 1.29 is 0 Å². The van der Waals surface area contributed by atoms with Crippen LogP contribution in [-0.2, 0) is 0 Å². The molecule has 0 N–H and O–H groups in total. The van der Waals surface area contributed by atoms with Gasteiger partial charge < -0.3 is 0 Å². The van der Waals surface area contributed by atoms with Crippen molar-refractivity contribution in [2.75, 3.05) is 0 Å². The van der Waals surface area contributed by atoms with Crippen molar-refractivity contribution in [1.29, 1.82) is 10.5 Å². The number of nitriles is 2. The lowest BCUT2D eigenvalue weighted by Gasteiger charge is -1.96. The van der Waals surface area contributed by atoms with Gasteiger partial charge in [-0.25, -0.2) is 0 Å². The Bertz CT molecular complexity index is 844. The van der Waals surface area contributed by atoms with Crippen LogP contribution in [0.3, 0.4) is 0 Å². The topological polar surface area (TPSA) is 47.6 Å². The summed E-state index contributed by atoms with van der Waals surface area (Å²) in [6.07, 6.45) is 5.31. The van der Waals surface area contributed by atoms with E-state index in [2.05, 4.69) is 23.8 Å². The first-order valence-corrected chi connectivity index (χ1v) is 5.80. The number of hydrogen-bond donors (Lipinski definition) is 0. The molecule has 2 nitrogen and oxygen atoms in total. The molecule has 0 unspecified atom stereocenters. The van der Waals surface area contributed by atoms with Crippen LogP contribution >= 0.6 is 0 Å². The standard InChI is InChI=1S/C18H8N2/c1-2-15-9-7-14(11-18(15)13-20)8-10-16-5-3-4-6-17(16)12-19/h1,3-7,9,11H. The largest absolute Gasteiger partial charge is 0.192 e. The smallest absolute Gasteiger partial charge is 0.100 e. The van der Waals surface area contributed by atoms with Gasteiger partial charge in [0.05, 0.1) is 11.1 Å². The van der Waals surface area contributed by atoms with Gasteiger partial charge in [-0.05, 0) is 30.3 Å². The predicted molar refractivity (Wildman–Crippen MR) is 76.2 cm³/mol. The summed E-state index contributed by atoms with van der Waals surface area (Å²) in [5.74, 6) is 8.33. The van der Waals surface area contributed by atoms with Crippen molar-refractivity contribution in [2.24, 2.45) is 0 Å². The van der Waals surface area contributed by atoms with Gasteiger partial charge in [0, 0.05) is 16.7 Å². The van der Waals surface area contributed by atoms with E-state index in [4.69, 9.17) is 16.9 Å². The first kappa shape index (κ1) is 13.0. The van der Waals surface area contributed by atoms with Crippen LogP contribution < -0.4 is 0 Å². The first-order valence-electron chi connectivity index (χ1n) is 5.80. The predicted octanol–water partition coefficient (Wildman–Crippen LogP) is 2.81. The molecule has 0 aliphatic carbocycles. The molecule has 2 heteroatoms. The van der Waals surface area contributed by atoms with E-state index in [9.17, 15) is 0 Å². The van der Waals surface area contributed by atoms with Crippen LogP contribution in [0.5, 0.6) is 0 Å². The van der Waals surface area contributed by atoms with Gasteiger partial charge in [0.1, 0.15) is 12.1 Å². The van der Waals surface area contributed by atoms with E-state index in [1.807, 2.05) is 12.1 Å².